The summed E-state index contributed by atoms with van der Waals surface area (Å²) in [6, 6.07) is 2.07. The molecular weight excluding hydrogens is 389 g/mol. The molecular formula is C18H23F3N6O2. The molecule has 0 spiro atoms. The molecule has 0 aromatic carbocycles. The molecule has 2 unspecified atom stereocenters. The lowest BCUT2D eigenvalue weighted by molar-refractivity contribution is -0.150. The van der Waals surface area contributed by atoms with Crippen molar-refractivity contribution in [1.82, 2.24) is 14.7 Å². The van der Waals surface area contributed by atoms with E-state index in [0.717, 1.165) is 6.42 Å². The van der Waals surface area contributed by atoms with Crippen molar-refractivity contribution >= 4 is 17.6 Å². The van der Waals surface area contributed by atoms with Crippen molar-refractivity contribution in [3.8, 4) is 6.07 Å². The third-order valence-corrected chi connectivity index (χ3v) is 5.75. The molecule has 2 aliphatic rings. The summed E-state index contributed by atoms with van der Waals surface area (Å²) in [5, 5.41) is 16.2. The number of carbonyl (C=O) groups excluding carboxylic acids is 2. The van der Waals surface area contributed by atoms with Crippen molar-refractivity contribution < 1.29 is 22.8 Å². The summed E-state index contributed by atoms with van der Waals surface area (Å²) < 4.78 is 39.4. The highest BCUT2D eigenvalue weighted by molar-refractivity contribution is 6.02. The molecule has 158 valence electrons. The monoisotopic (exact) mass is 412 g/mol. The zero-order valence-corrected chi connectivity index (χ0v) is 16.0. The van der Waals surface area contributed by atoms with Gasteiger partial charge in [-0.3, -0.25) is 19.2 Å². The molecule has 29 heavy (non-hydrogen) atoms. The van der Waals surface area contributed by atoms with Crippen LogP contribution in [0, 0.1) is 23.2 Å². The smallest absolute Gasteiger partial charge is 0.365 e. The number of amides is 2. The average molecular weight is 412 g/mol. The Hall–Kier alpha value is -2.61. The standard InChI is InChI=1S/C18H23F3N6O2/c1-11-8-12(11)16(29)24-15-13(14(23)28)9-27(25-15)17(2-5-22)3-6-26(7-4-17)10-18(19,20)21/h9,11-12H,2-4,6-8,10H2,1H3,(H2,23,28)(H,24,25,29). The largest absolute Gasteiger partial charge is 0.401 e. The number of nitrogens with one attached hydrogen (secondary N) is 1. The van der Waals surface area contributed by atoms with Crippen molar-refractivity contribution in [2.24, 2.45) is 17.6 Å². The topological polar surface area (TPSA) is 117 Å². The Morgan fingerprint density at radius 3 is 2.52 bits per heavy atom. The maximum absolute atomic E-state index is 12.7. The maximum atomic E-state index is 12.7. The number of piperidine rings is 1. The average Bonchev–Trinajstić information content (AvgIpc) is 3.19. The molecule has 1 saturated carbocycles. The summed E-state index contributed by atoms with van der Waals surface area (Å²) in [5.74, 6) is -0.884. The summed E-state index contributed by atoms with van der Waals surface area (Å²) in [6.45, 7) is 1.19. The summed E-state index contributed by atoms with van der Waals surface area (Å²) >= 11 is 0. The van der Waals surface area contributed by atoms with Gasteiger partial charge in [0, 0.05) is 25.2 Å². The Morgan fingerprint density at radius 1 is 1.41 bits per heavy atom. The summed E-state index contributed by atoms with van der Waals surface area (Å²) in [5.41, 5.74) is 4.57. The highest BCUT2D eigenvalue weighted by atomic mass is 19.4. The van der Waals surface area contributed by atoms with Crippen molar-refractivity contribution in [2.45, 2.75) is 44.3 Å². The van der Waals surface area contributed by atoms with Gasteiger partial charge in [-0.1, -0.05) is 6.92 Å². The fourth-order valence-electron chi connectivity index (χ4n) is 3.80. The Morgan fingerprint density at radius 2 is 2.03 bits per heavy atom. The first kappa shape index (κ1) is 21.1. The number of aromatic nitrogens is 2. The van der Waals surface area contributed by atoms with E-state index in [1.165, 1.54) is 15.8 Å². The summed E-state index contributed by atoms with van der Waals surface area (Å²) in [4.78, 5) is 25.4. The van der Waals surface area contributed by atoms with E-state index in [2.05, 4.69) is 16.5 Å². The first-order chi connectivity index (χ1) is 13.5. The summed E-state index contributed by atoms with van der Waals surface area (Å²) in [7, 11) is 0. The number of hydrogen-bond acceptors (Lipinski definition) is 5. The first-order valence-electron chi connectivity index (χ1n) is 9.41. The highest BCUT2D eigenvalue weighted by Gasteiger charge is 2.42. The van der Waals surface area contributed by atoms with Gasteiger partial charge in [0.2, 0.25) is 5.91 Å². The maximum Gasteiger partial charge on any atom is 0.401 e. The van der Waals surface area contributed by atoms with Gasteiger partial charge in [0.05, 0.1) is 24.6 Å². The zero-order chi connectivity index (χ0) is 21.4. The molecule has 1 aliphatic carbocycles. The highest BCUT2D eigenvalue weighted by Crippen LogP contribution is 2.39. The molecule has 2 amide bonds. The van der Waals surface area contributed by atoms with Crippen molar-refractivity contribution in [2.75, 3.05) is 25.0 Å². The molecule has 3 rings (SSSR count). The van der Waals surface area contributed by atoms with Gasteiger partial charge in [-0.2, -0.15) is 23.5 Å². The van der Waals surface area contributed by atoms with E-state index in [9.17, 15) is 28.0 Å². The SMILES string of the molecule is CC1CC1C(=O)Nc1nn(C2(CC#N)CCN(CC(F)(F)F)CC2)cc1C(N)=O. The second-order valence-electron chi connectivity index (χ2n) is 7.96. The van der Waals surface area contributed by atoms with E-state index < -0.39 is 24.2 Å². The quantitative estimate of drug-likeness (QED) is 0.739. The lowest BCUT2D eigenvalue weighted by Gasteiger charge is -2.40. The number of halogens is 3. The molecule has 0 bridgehead atoms. The number of alkyl halides is 3. The predicted molar refractivity (Wildman–Crippen MR) is 96.6 cm³/mol. The molecule has 2 heterocycles. The molecule has 8 nitrogen and oxygen atoms in total. The Bertz CT molecular complexity index is 836. The molecule has 1 aromatic rings. The molecule has 2 fully saturated rings. The number of nitriles is 1. The second kappa shape index (κ2) is 7.67. The summed E-state index contributed by atoms with van der Waals surface area (Å²) in [6.07, 6.45) is -1.64. The van der Waals surface area contributed by atoms with Crippen LogP contribution in [0.25, 0.3) is 0 Å². The number of likely N-dealkylation sites (tertiary alicyclic amines) is 1. The fraction of sp³-hybridized carbons (Fsp3) is 0.667. The minimum absolute atomic E-state index is 0.0137. The van der Waals surface area contributed by atoms with Gasteiger partial charge in [0.1, 0.15) is 5.56 Å². The first-order valence-corrected chi connectivity index (χ1v) is 9.41. The van der Waals surface area contributed by atoms with E-state index in [4.69, 9.17) is 5.73 Å². The van der Waals surface area contributed by atoms with Crippen LogP contribution in [0.15, 0.2) is 6.20 Å². The Balaban J connectivity index is 1.82. The van der Waals surface area contributed by atoms with Crippen LogP contribution in [0.4, 0.5) is 19.0 Å². The fourth-order valence-corrected chi connectivity index (χ4v) is 3.80. The van der Waals surface area contributed by atoms with Gasteiger partial charge in [-0.15, -0.1) is 0 Å². The molecule has 11 heteroatoms. The van der Waals surface area contributed by atoms with Crippen LogP contribution >= 0.6 is 0 Å². The van der Waals surface area contributed by atoms with Crippen molar-refractivity contribution in [3.05, 3.63) is 11.8 Å². The number of nitrogens with two attached hydrogens (primary N) is 1. The third kappa shape index (κ3) is 4.70. The van der Waals surface area contributed by atoms with E-state index in [1.54, 1.807) is 0 Å². The number of primary amides is 1. The molecule has 0 radical (unpaired) electrons. The van der Waals surface area contributed by atoms with E-state index in [0.29, 0.717) is 0 Å². The molecule has 1 aliphatic heterocycles. The number of nitrogens with zero attached hydrogens (tertiary/aromatic N) is 4. The van der Waals surface area contributed by atoms with Crippen LogP contribution in [-0.2, 0) is 10.3 Å². The number of hydrogen-bond donors (Lipinski definition) is 2. The number of anilines is 1. The second-order valence-corrected chi connectivity index (χ2v) is 7.96. The van der Waals surface area contributed by atoms with Gasteiger partial charge >= 0.3 is 6.18 Å². The zero-order valence-electron chi connectivity index (χ0n) is 16.0. The van der Waals surface area contributed by atoms with Crippen molar-refractivity contribution in [3.63, 3.8) is 0 Å². The van der Waals surface area contributed by atoms with Gasteiger partial charge < -0.3 is 11.1 Å². The minimum Gasteiger partial charge on any atom is -0.365 e. The molecule has 1 saturated heterocycles. The van der Waals surface area contributed by atoms with E-state index in [-0.39, 0.29) is 61.5 Å². The number of carbonyl (C=O) groups is 2. The van der Waals surface area contributed by atoms with Crippen LogP contribution in [-0.4, -0.2) is 52.3 Å². The Labute approximate surface area is 165 Å². The van der Waals surface area contributed by atoms with Crippen LogP contribution in [0.2, 0.25) is 0 Å². The minimum atomic E-state index is -4.29. The van der Waals surface area contributed by atoms with E-state index in [1.807, 2.05) is 6.92 Å². The third-order valence-electron chi connectivity index (χ3n) is 5.75. The van der Waals surface area contributed by atoms with Crippen molar-refractivity contribution in [1.29, 1.82) is 5.26 Å². The molecule has 2 atom stereocenters. The lowest BCUT2D eigenvalue weighted by atomic mass is 9.85. The predicted octanol–water partition coefficient (Wildman–Crippen LogP) is 1.84. The molecule has 1 aromatic heterocycles. The van der Waals surface area contributed by atoms with Crippen LogP contribution < -0.4 is 11.1 Å². The van der Waals surface area contributed by atoms with Gasteiger partial charge in [-0.25, -0.2) is 0 Å². The normalized spacial score (nSPS) is 24.0. The van der Waals surface area contributed by atoms with Gasteiger partial charge in [-0.05, 0) is 25.2 Å². The van der Waals surface area contributed by atoms with E-state index >= 15 is 0 Å². The molecule has 3 N–H and O–H groups in total. The van der Waals surface area contributed by atoms with Gasteiger partial charge in [0.15, 0.2) is 5.82 Å². The van der Waals surface area contributed by atoms with Crippen LogP contribution in [0.3, 0.4) is 0 Å². The van der Waals surface area contributed by atoms with Crippen LogP contribution in [0.5, 0.6) is 0 Å². The Kier molecular flexibility index (Phi) is 5.58. The number of rotatable bonds is 6. The van der Waals surface area contributed by atoms with Gasteiger partial charge in [0.25, 0.3) is 5.91 Å². The van der Waals surface area contributed by atoms with Crippen LogP contribution in [0.1, 0.15) is 43.0 Å². The lowest BCUT2D eigenvalue weighted by Crippen LogP contribution is -2.48.